The molecule has 0 saturated heterocycles. The van der Waals surface area contributed by atoms with Gasteiger partial charge in [-0.05, 0) is 25.5 Å². The van der Waals surface area contributed by atoms with Crippen molar-refractivity contribution in [3.8, 4) is 0 Å². The van der Waals surface area contributed by atoms with Crippen molar-refractivity contribution >= 4 is 23.6 Å². The van der Waals surface area contributed by atoms with Gasteiger partial charge in [0.15, 0.2) is 5.76 Å². The Morgan fingerprint density at radius 3 is 2.86 bits per heavy atom. The average molecular weight is 321 g/mol. The van der Waals surface area contributed by atoms with E-state index in [2.05, 4.69) is 5.32 Å². The minimum absolute atomic E-state index is 0.00774. The predicted molar refractivity (Wildman–Crippen MR) is 74.2 cm³/mol. The van der Waals surface area contributed by atoms with Crippen molar-refractivity contribution in [2.45, 2.75) is 31.3 Å². The molecule has 0 unspecified atom stereocenters. The van der Waals surface area contributed by atoms with Crippen LogP contribution in [0.15, 0.2) is 16.5 Å². The predicted octanol–water partition coefficient (Wildman–Crippen LogP) is 2.81. The normalized spacial score (nSPS) is 10.7. The fraction of sp³-hybridized carbons (Fsp3) is 0.538. The van der Waals surface area contributed by atoms with Gasteiger partial charge in [0.1, 0.15) is 5.76 Å². The standard InChI is InChI=1S/C13H17F2NO4S/c1-2-19-11(17)4-3-7-16-12(18)10-6-5-9(20-10)8-21-13(14)15/h5-6,13H,2-4,7-8H2,1H3,(H,16,18). The third-order valence-electron chi connectivity index (χ3n) is 2.39. The van der Waals surface area contributed by atoms with Crippen LogP contribution in [-0.4, -0.2) is 30.8 Å². The number of thioether (sulfide) groups is 1. The molecule has 1 aromatic heterocycles. The summed E-state index contributed by atoms with van der Waals surface area (Å²) < 4.78 is 33.9. The van der Waals surface area contributed by atoms with Gasteiger partial charge < -0.3 is 14.5 Å². The van der Waals surface area contributed by atoms with Gasteiger partial charge in [0.2, 0.25) is 0 Å². The highest BCUT2D eigenvalue weighted by Gasteiger charge is 2.12. The number of halogens is 2. The molecule has 0 aliphatic heterocycles. The van der Waals surface area contributed by atoms with Crippen LogP contribution in [0.4, 0.5) is 8.78 Å². The zero-order chi connectivity index (χ0) is 15.7. The second kappa shape index (κ2) is 9.38. The lowest BCUT2D eigenvalue weighted by Crippen LogP contribution is -2.24. The zero-order valence-corrected chi connectivity index (χ0v) is 12.4. The van der Waals surface area contributed by atoms with Crippen LogP contribution in [0.2, 0.25) is 0 Å². The van der Waals surface area contributed by atoms with Gasteiger partial charge in [-0.25, -0.2) is 0 Å². The Morgan fingerprint density at radius 2 is 2.19 bits per heavy atom. The van der Waals surface area contributed by atoms with Gasteiger partial charge >= 0.3 is 5.97 Å². The maximum atomic E-state index is 12.0. The molecule has 0 saturated carbocycles. The number of carbonyl (C=O) groups is 2. The van der Waals surface area contributed by atoms with E-state index in [1.165, 1.54) is 12.1 Å². The molecule has 0 spiro atoms. The highest BCUT2D eigenvalue weighted by Crippen LogP contribution is 2.21. The van der Waals surface area contributed by atoms with Crippen LogP contribution in [0, 0.1) is 0 Å². The number of hydrogen-bond donors (Lipinski definition) is 1. The van der Waals surface area contributed by atoms with E-state index in [-0.39, 0.29) is 23.9 Å². The molecule has 1 rings (SSSR count). The summed E-state index contributed by atoms with van der Waals surface area (Å²) in [4.78, 5) is 22.8. The van der Waals surface area contributed by atoms with E-state index < -0.39 is 11.7 Å². The fourth-order valence-corrected chi connectivity index (χ4v) is 1.92. The second-order valence-electron chi connectivity index (χ2n) is 4.00. The summed E-state index contributed by atoms with van der Waals surface area (Å²) >= 11 is 0.429. The summed E-state index contributed by atoms with van der Waals surface area (Å²) in [5, 5.41) is 2.58. The van der Waals surface area contributed by atoms with Crippen LogP contribution < -0.4 is 5.32 Å². The maximum Gasteiger partial charge on any atom is 0.305 e. The number of nitrogens with one attached hydrogen (secondary N) is 1. The Morgan fingerprint density at radius 1 is 1.43 bits per heavy atom. The molecule has 1 aromatic rings. The Bertz CT molecular complexity index is 465. The van der Waals surface area contributed by atoms with E-state index >= 15 is 0 Å². The summed E-state index contributed by atoms with van der Waals surface area (Å²) in [5.74, 6) is -2.83. The summed E-state index contributed by atoms with van der Waals surface area (Å²) in [7, 11) is 0. The second-order valence-corrected chi connectivity index (χ2v) is 4.98. The first kappa shape index (κ1) is 17.5. The monoisotopic (exact) mass is 321 g/mol. The number of carbonyl (C=O) groups excluding carboxylic acids is 2. The molecule has 1 amide bonds. The highest BCUT2D eigenvalue weighted by atomic mass is 32.2. The van der Waals surface area contributed by atoms with Crippen molar-refractivity contribution in [2.75, 3.05) is 13.2 Å². The molecule has 0 aliphatic carbocycles. The summed E-state index contributed by atoms with van der Waals surface area (Å²) in [5.41, 5.74) is 0. The van der Waals surface area contributed by atoms with Gasteiger partial charge in [0.05, 0.1) is 12.4 Å². The quantitative estimate of drug-likeness (QED) is 0.559. The summed E-state index contributed by atoms with van der Waals surface area (Å²) in [6.45, 7) is 2.36. The van der Waals surface area contributed by atoms with Gasteiger partial charge in [0, 0.05) is 13.0 Å². The smallest absolute Gasteiger partial charge is 0.305 e. The van der Waals surface area contributed by atoms with Crippen LogP contribution in [-0.2, 0) is 15.3 Å². The molecule has 0 aliphatic rings. The van der Waals surface area contributed by atoms with Crippen LogP contribution in [0.3, 0.4) is 0 Å². The summed E-state index contributed by atoms with van der Waals surface area (Å²) in [6, 6.07) is 2.92. The molecule has 0 radical (unpaired) electrons. The van der Waals surface area contributed by atoms with Crippen molar-refractivity contribution in [1.82, 2.24) is 5.32 Å². The van der Waals surface area contributed by atoms with E-state index in [4.69, 9.17) is 9.15 Å². The fourth-order valence-electron chi connectivity index (χ4n) is 1.48. The topological polar surface area (TPSA) is 68.5 Å². The first-order valence-electron chi connectivity index (χ1n) is 6.45. The molecule has 0 aromatic carbocycles. The summed E-state index contributed by atoms with van der Waals surface area (Å²) in [6.07, 6.45) is 0.682. The minimum atomic E-state index is -2.48. The van der Waals surface area contributed by atoms with Crippen molar-refractivity contribution < 1.29 is 27.5 Å². The molecule has 0 atom stereocenters. The lowest BCUT2D eigenvalue weighted by atomic mass is 10.3. The Hall–Kier alpha value is -1.57. The average Bonchev–Trinajstić information content (AvgIpc) is 2.90. The zero-order valence-electron chi connectivity index (χ0n) is 11.6. The van der Waals surface area contributed by atoms with Crippen molar-refractivity contribution in [1.29, 1.82) is 0 Å². The van der Waals surface area contributed by atoms with Crippen LogP contribution in [0.5, 0.6) is 0 Å². The van der Waals surface area contributed by atoms with Crippen LogP contribution in [0.25, 0.3) is 0 Å². The van der Waals surface area contributed by atoms with Gasteiger partial charge in [-0.15, -0.1) is 0 Å². The number of hydrogen-bond acceptors (Lipinski definition) is 5. The van der Waals surface area contributed by atoms with Gasteiger partial charge in [-0.3, -0.25) is 9.59 Å². The highest BCUT2D eigenvalue weighted by molar-refractivity contribution is 7.98. The first-order chi connectivity index (χ1) is 10.0. The van der Waals surface area contributed by atoms with E-state index in [0.29, 0.717) is 37.1 Å². The third-order valence-corrected chi connectivity index (χ3v) is 3.09. The number of rotatable bonds is 9. The molecular weight excluding hydrogens is 304 g/mol. The molecule has 8 heteroatoms. The molecule has 1 N–H and O–H groups in total. The Labute approximate surface area is 125 Å². The van der Waals surface area contributed by atoms with Gasteiger partial charge in [-0.1, -0.05) is 11.8 Å². The van der Waals surface area contributed by atoms with Crippen LogP contribution >= 0.6 is 11.8 Å². The minimum Gasteiger partial charge on any atom is -0.466 e. The molecule has 0 fully saturated rings. The van der Waals surface area contributed by atoms with E-state index in [1.807, 2.05) is 0 Å². The molecule has 5 nitrogen and oxygen atoms in total. The lowest BCUT2D eigenvalue weighted by Gasteiger charge is -2.03. The molecule has 0 bridgehead atoms. The number of esters is 1. The van der Waals surface area contributed by atoms with E-state index in [9.17, 15) is 18.4 Å². The molecular formula is C13H17F2NO4S. The van der Waals surface area contributed by atoms with Gasteiger partial charge in [-0.2, -0.15) is 8.78 Å². The number of amides is 1. The Balaban J connectivity index is 2.27. The van der Waals surface area contributed by atoms with Gasteiger partial charge in [0.25, 0.3) is 11.7 Å². The van der Waals surface area contributed by atoms with E-state index in [1.54, 1.807) is 6.92 Å². The number of alkyl halides is 2. The Kier molecular flexibility index (Phi) is 7.81. The number of furan rings is 1. The SMILES string of the molecule is CCOC(=O)CCCNC(=O)c1ccc(CSC(F)F)o1. The number of ether oxygens (including phenoxy) is 1. The van der Waals surface area contributed by atoms with Crippen LogP contribution in [0.1, 0.15) is 36.1 Å². The largest absolute Gasteiger partial charge is 0.466 e. The lowest BCUT2D eigenvalue weighted by molar-refractivity contribution is -0.143. The first-order valence-corrected chi connectivity index (χ1v) is 7.50. The maximum absolute atomic E-state index is 12.0. The van der Waals surface area contributed by atoms with E-state index in [0.717, 1.165) is 0 Å². The third kappa shape index (κ3) is 7.12. The van der Waals surface area contributed by atoms with Crippen molar-refractivity contribution in [2.24, 2.45) is 0 Å². The molecule has 1 heterocycles. The molecule has 21 heavy (non-hydrogen) atoms. The molecule has 118 valence electrons. The van der Waals surface area contributed by atoms with Crippen molar-refractivity contribution in [3.05, 3.63) is 23.7 Å². The van der Waals surface area contributed by atoms with Crippen molar-refractivity contribution in [3.63, 3.8) is 0 Å².